The number of aryl methyl sites for hydroxylation is 1. The predicted octanol–water partition coefficient (Wildman–Crippen LogP) is 3.00. The summed E-state index contributed by atoms with van der Waals surface area (Å²) in [6.45, 7) is 3.37. The molecule has 0 saturated carbocycles. The SMILES string of the molecule is Cc1cccnc1NC(=S)NCc1cccc(N2CCCC2=O)c1. The highest BCUT2D eigenvalue weighted by Gasteiger charge is 2.21. The van der Waals surface area contributed by atoms with Crippen LogP contribution in [0.15, 0.2) is 42.6 Å². The molecule has 0 unspecified atom stereocenters. The number of anilines is 2. The van der Waals surface area contributed by atoms with Gasteiger partial charge in [0.25, 0.3) is 0 Å². The van der Waals surface area contributed by atoms with Crippen molar-refractivity contribution in [2.24, 2.45) is 0 Å². The van der Waals surface area contributed by atoms with E-state index in [0.29, 0.717) is 18.1 Å². The van der Waals surface area contributed by atoms with Crippen LogP contribution in [0.1, 0.15) is 24.0 Å². The van der Waals surface area contributed by atoms with Gasteiger partial charge < -0.3 is 15.5 Å². The Labute approximate surface area is 147 Å². The number of hydrogen-bond acceptors (Lipinski definition) is 3. The van der Waals surface area contributed by atoms with Gasteiger partial charge >= 0.3 is 0 Å². The maximum Gasteiger partial charge on any atom is 0.227 e. The summed E-state index contributed by atoms with van der Waals surface area (Å²) in [6, 6.07) is 11.9. The van der Waals surface area contributed by atoms with Crippen LogP contribution in [-0.2, 0) is 11.3 Å². The molecule has 2 N–H and O–H groups in total. The summed E-state index contributed by atoms with van der Waals surface area (Å²) >= 11 is 5.33. The summed E-state index contributed by atoms with van der Waals surface area (Å²) in [5.41, 5.74) is 3.07. The lowest BCUT2D eigenvalue weighted by atomic mass is 10.2. The number of carbonyl (C=O) groups is 1. The Balaban J connectivity index is 1.59. The zero-order chi connectivity index (χ0) is 16.9. The fourth-order valence-electron chi connectivity index (χ4n) is 2.71. The van der Waals surface area contributed by atoms with Crippen molar-refractivity contribution in [3.63, 3.8) is 0 Å². The molecule has 2 heterocycles. The molecule has 1 saturated heterocycles. The number of amides is 1. The fourth-order valence-corrected chi connectivity index (χ4v) is 2.87. The number of rotatable bonds is 4. The van der Waals surface area contributed by atoms with Crippen molar-refractivity contribution in [3.05, 3.63) is 53.7 Å². The maximum atomic E-state index is 11.9. The molecule has 2 aromatic rings. The smallest absolute Gasteiger partial charge is 0.227 e. The minimum absolute atomic E-state index is 0.197. The van der Waals surface area contributed by atoms with Gasteiger partial charge in [-0.15, -0.1) is 0 Å². The summed E-state index contributed by atoms with van der Waals surface area (Å²) in [5, 5.41) is 6.81. The van der Waals surface area contributed by atoms with Crippen molar-refractivity contribution in [1.29, 1.82) is 0 Å². The van der Waals surface area contributed by atoms with Crippen molar-refractivity contribution >= 4 is 34.7 Å². The number of pyridine rings is 1. The van der Waals surface area contributed by atoms with Gasteiger partial charge in [-0.1, -0.05) is 18.2 Å². The van der Waals surface area contributed by atoms with Crippen molar-refractivity contribution in [1.82, 2.24) is 10.3 Å². The minimum atomic E-state index is 0.197. The molecular weight excluding hydrogens is 320 g/mol. The van der Waals surface area contributed by atoms with Crippen LogP contribution in [-0.4, -0.2) is 22.5 Å². The van der Waals surface area contributed by atoms with Crippen LogP contribution >= 0.6 is 12.2 Å². The highest BCUT2D eigenvalue weighted by atomic mass is 32.1. The molecule has 1 amide bonds. The first-order chi connectivity index (χ1) is 11.6. The maximum absolute atomic E-state index is 11.9. The zero-order valence-electron chi connectivity index (χ0n) is 13.6. The Hall–Kier alpha value is -2.47. The summed E-state index contributed by atoms with van der Waals surface area (Å²) in [6.07, 6.45) is 3.30. The molecular formula is C18H20N4OS. The first kappa shape index (κ1) is 16.4. The number of aromatic nitrogens is 1. The van der Waals surface area contributed by atoms with Gasteiger partial charge in [-0.05, 0) is 54.9 Å². The lowest BCUT2D eigenvalue weighted by molar-refractivity contribution is -0.117. The van der Waals surface area contributed by atoms with E-state index in [4.69, 9.17) is 12.2 Å². The number of hydrogen-bond donors (Lipinski definition) is 2. The minimum Gasteiger partial charge on any atom is -0.358 e. The second kappa shape index (κ2) is 7.40. The summed E-state index contributed by atoms with van der Waals surface area (Å²) in [5.74, 6) is 0.953. The topological polar surface area (TPSA) is 57.3 Å². The van der Waals surface area contributed by atoms with E-state index in [-0.39, 0.29) is 5.91 Å². The van der Waals surface area contributed by atoms with Crippen molar-refractivity contribution in [2.45, 2.75) is 26.3 Å². The molecule has 0 atom stereocenters. The van der Waals surface area contributed by atoms with Crippen LogP contribution in [0.3, 0.4) is 0 Å². The molecule has 1 aromatic heterocycles. The highest BCUT2D eigenvalue weighted by molar-refractivity contribution is 7.80. The third-order valence-electron chi connectivity index (χ3n) is 3.99. The Bertz CT molecular complexity index is 762. The van der Waals surface area contributed by atoms with Crippen molar-refractivity contribution < 1.29 is 4.79 Å². The van der Waals surface area contributed by atoms with Crippen molar-refractivity contribution in [3.8, 4) is 0 Å². The average molecular weight is 340 g/mol. The third-order valence-corrected chi connectivity index (χ3v) is 4.24. The normalized spacial score (nSPS) is 13.9. The van der Waals surface area contributed by atoms with E-state index < -0.39 is 0 Å². The Kier molecular flexibility index (Phi) is 5.05. The van der Waals surface area contributed by atoms with Crippen LogP contribution in [0.4, 0.5) is 11.5 Å². The van der Waals surface area contributed by atoms with Gasteiger partial charge in [-0.2, -0.15) is 0 Å². The largest absolute Gasteiger partial charge is 0.358 e. The molecule has 1 fully saturated rings. The first-order valence-corrected chi connectivity index (χ1v) is 8.40. The lowest BCUT2D eigenvalue weighted by Gasteiger charge is -2.17. The number of thiocarbonyl (C=S) groups is 1. The van der Waals surface area contributed by atoms with Crippen LogP contribution in [0.5, 0.6) is 0 Å². The quantitative estimate of drug-likeness (QED) is 0.838. The molecule has 1 aromatic carbocycles. The predicted molar refractivity (Wildman–Crippen MR) is 100 cm³/mol. The van der Waals surface area contributed by atoms with Crippen LogP contribution in [0.2, 0.25) is 0 Å². The van der Waals surface area contributed by atoms with E-state index in [0.717, 1.165) is 35.6 Å². The van der Waals surface area contributed by atoms with E-state index in [1.165, 1.54) is 0 Å². The summed E-state index contributed by atoms with van der Waals surface area (Å²) in [4.78, 5) is 18.0. The van der Waals surface area contributed by atoms with Gasteiger partial charge in [0.1, 0.15) is 5.82 Å². The molecule has 124 valence electrons. The number of nitrogens with one attached hydrogen (secondary N) is 2. The number of benzene rings is 1. The second-order valence-electron chi connectivity index (χ2n) is 5.80. The molecule has 6 heteroatoms. The Morgan fingerprint density at radius 3 is 2.96 bits per heavy atom. The van der Waals surface area contributed by atoms with E-state index >= 15 is 0 Å². The molecule has 1 aliphatic rings. The van der Waals surface area contributed by atoms with E-state index in [1.54, 1.807) is 6.20 Å². The van der Waals surface area contributed by atoms with Gasteiger partial charge in [0, 0.05) is 31.4 Å². The van der Waals surface area contributed by atoms with Crippen molar-refractivity contribution in [2.75, 3.05) is 16.8 Å². The van der Waals surface area contributed by atoms with Gasteiger partial charge in [0.2, 0.25) is 5.91 Å². The van der Waals surface area contributed by atoms with E-state index in [1.807, 2.05) is 48.2 Å². The third kappa shape index (κ3) is 3.89. The molecule has 24 heavy (non-hydrogen) atoms. The summed E-state index contributed by atoms with van der Waals surface area (Å²) < 4.78 is 0. The lowest BCUT2D eigenvalue weighted by Crippen LogP contribution is -2.29. The van der Waals surface area contributed by atoms with Gasteiger partial charge in [-0.3, -0.25) is 4.79 Å². The molecule has 0 aliphatic carbocycles. The standard InChI is InChI=1S/C18H20N4OS/c1-13-5-3-9-19-17(13)21-18(24)20-12-14-6-2-7-15(11-14)22-10-4-8-16(22)23/h2-3,5-7,9,11H,4,8,10,12H2,1H3,(H2,19,20,21,24). The van der Waals surface area contributed by atoms with Gasteiger partial charge in [0.05, 0.1) is 0 Å². The molecule has 0 bridgehead atoms. The van der Waals surface area contributed by atoms with Crippen LogP contribution in [0, 0.1) is 6.92 Å². The monoisotopic (exact) mass is 340 g/mol. The first-order valence-electron chi connectivity index (χ1n) is 7.99. The molecule has 0 spiro atoms. The molecule has 5 nitrogen and oxygen atoms in total. The van der Waals surface area contributed by atoms with Crippen LogP contribution in [0.25, 0.3) is 0 Å². The average Bonchev–Trinajstić information content (AvgIpc) is 3.01. The van der Waals surface area contributed by atoms with Gasteiger partial charge in [-0.25, -0.2) is 4.98 Å². The highest BCUT2D eigenvalue weighted by Crippen LogP contribution is 2.22. The van der Waals surface area contributed by atoms with Gasteiger partial charge in [0.15, 0.2) is 5.11 Å². The van der Waals surface area contributed by atoms with E-state index in [9.17, 15) is 4.79 Å². The van der Waals surface area contributed by atoms with E-state index in [2.05, 4.69) is 15.6 Å². The number of nitrogens with zero attached hydrogens (tertiary/aromatic N) is 2. The second-order valence-corrected chi connectivity index (χ2v) is 6.20. The zero-order valence-corrected chi connectivity index (χ0v) is 14.4. The number of carbonyl (C=O) groups excluding carboxylic acids is 1. The Morgan fingerprint density at radius 1 is 1.33 bits per heavy atom. The van der Waals surface area contributed by atoms with Crippen LogP contribution < -0.4 is 15.5 Å². The molecule has 0 radical (unpaired) electrons. The Morgan fingerprint density at radius 2 is 2.21 bits per heavy atom. The molecule has 3 rings (SSSR count). The summed E-state index contributed by atoms with van der Waals surface area (Å²) in [7, 11) is 0. The fraction of sp³-hybridized carbons (Fsp3) is 0.278. The molecule has 1 aliphatic heterocycles.